The van der Waals surface area contributed by atoms with Crippen molar-refractivity contribution in [2.75, 3.05) is 11.4 Å². The molecule has 0 spiro atoms. The first-order valence-electron chi connectivity index (χ1n) is 6.06. The number of nitrogens with zero attached hydrogens (tertiary/aromatic N) is 1. The molecule has 1 atom stereocenters. The Kier molecular flexibility index (Phi) is 4.57. The minimum Gasteiger partial charge on any atom is -0.433 e. The summed E-state index contributed by atoms with van der Waals surface area (Å²) in [5.41, 5.74) is 4.78. The van der Waals surface area contributed by atoms with Crippen molar-refractivity contribution in [2.24, 2.45) is 11.0 Å². The second-order valence-corrected chi connectivity index (χ2v) is 4.60. The third kappa shape index (κ3) is 3.48. The number of benzene rings is 1. The smallest absolute Gasteiger partial charge is 0.412 e. The van der Waals surface area contributed by atoms with Gasteiger partial charge in [0.1, 0.15) is 0 Å². The predicted octanol–water partition coefficient (Wildman–Crippen LogP) is 2.29. The highest BCUT2D eigenvalue weighted by Crippen LogP contribution is 2.18. The van der Waals surface area contributed by atoms with E-state index in [0.717, 1.165) is 11.3 Å². The number of hydrazone groups is 1. The van der Waals surface area contributed by atoms with E-state index in [9.17, 15) is 9.59 Å². The number of alkyl halides is 1. The highest BCUT2D eigenvalue weighted by Gasteiger charge is 2.21. The van der Waals surface area contributed by atoms with Crippen LogP contribution in [0, 0.1) is 5.92 Å². The minimum absolute atomic E-state index is 0.0590. The monoisotopic (exact) mass is 295 g/mol. The fraction of sp³-hybridized carbons (Fsp3) is 0.308. The molecule has 7 heteroatoms. The highest BCUT2D eigenvalue weighted by molar-refractivity contribution is 6.17. The van der Waals surface area contributed by atoms with Crippen molar-refractivity contribution in [3.05, 3.63) is 29.8 Å². The van der Waals surface area contributed by atoms with Crippen LogP contribution < -0.4 is 10.7 Å². The molecule has 1 heterocycles. The number of rotatable bonds is 3. The molecule has 0 aromatic heterocycles. The van der Waals surface area contributed by atoms with Crippen LogP contribution in [-0.2, 0) is 9.53 Å². The van der Waals surface area contributed by atoms with Crippen LogP contribution in [-0.4, -0.2) is 23.8 Å². The Balaban J connectivity index is 2.08. The van der Waals surface area contributed by atoms with Gasteiger partial charge in [-0.1, -0.05) is 30.7 Å². The SMILES string of the molecule is CC1CC(=O)NN=C1c1ccc(NC(=O)OCCl)cc1. The molecule has 0 fully saturated rings. The van der Waals surface area contributed by atoms with Crippen LogP contribution in [0.4, 0.5) is 10.5 Å². The number of hydrogen-bond acceptors (Lipinski definition) is 4. The fourth-order valence-corrected chi connectivity index (χ4v) is 2.03. The zero-order valence-electron chi connectivity index (χ0n) is 10.9. The molecule has 1 unspecified atom stereocenters. The number of nitrogens with one attached hydrogen (secondary N) is 2. The topological polar surface area (TPSA) is 79.8 Å². The number of carbonyl (C=O) groups excluding carboxylic acids is 2. The molecule has 0 aliphatic carbocycles. The van der Waals surface area contributed by atoms with Crippen LogP contribution in [0.5, 0.6) is 0 Å². The molecule has 0 radical (unpaired) electrons. The Labute approximate surface area is 121 Å². The lowest BCUT2D eigenvalue weighted by atomic mass is 9.94. The average Bonchev–Trinajstić information content (AvgIpc) is 2.40. The van der Waals surface area contributed by atoms with Gasteiger partial charge >= 0.3 is 6.09 Å². The van der Waals surface area contributed by atoms with Gasteiger partial charge in [0.15, 0.2) is 6.07 Å². The standard InChI is InChI=1S/C13H14ClN3O3/c1-8-6-11(18)16-17-12(8)9-2-4-10(5-3-9)15-13(19)20-7-14/h2-5,8H,6-7H2,1H3,(H,15,19)(H,16,18). The van der Waals surface area contributed by atoms with Crippen molar-refractivity contribution in [3.8, 4) is 0 Å². The molecule has 20 heavy (non-hydrogen) atoms. The lowest BCUT2D eigenvalue weighted by Gasteiger charge is -2.19. The lowest BCUT2D eigenvalue weighted by Crippen LogP contribution is -2.31. The van der Waals surface area contributed by atoms with E-state index in [1.54, 1.807) is 12.1 Å². The predicted molar refractivity (Wildman–Crippen MR) is 75.7 cm³/mol. The van der Waals surface area contributed by atoms with Gasteiger partial charge in [-0.2, -0.15) is 5.10 Å². The molecule has 6 nitrogen and oxygen atoms in total. The van der Waals surface area contributed by atoms with E-state index in [1.165, 1.54) is 0 Å². The summed E-state index contributed by atoms with van der Waals surface area (Å²) in [6.07, 6.45) is -0.190. The third-order valence-electron chi connectivity index (χ3n) is 2.87. The molecule has 2 N–H and O–H groups in total. The summed E-state index contributed by atoms with van der Waals surface area (Å²) in [5.74, 6) is -0.0212. The van der Waals surface area contributed by atoms with Crippen molar-refractivity contribution >= 4 is 35.0 Å². The van der Waals surface area contributed by atoms with Crippen LogP contribution in [0.3, 0.4) is 0 Å². The van der Waals surface area contributed by atoms with Gasteiger partial charge in [-0.25, -0.2) is 10.2 Å². The molecule has 0 saturated heterocycles. The maximum absolute atomic E-state index is 11.2. The summed E-state index contributed by atoms with van der Waals surface area (Å²) >= 11 is 5.28. The zero-order valence-corrected chi connectivity index (χ0v) is 11.6. The van der Waals surface area contributed by atoms with Crippen LogP contribution in [0.15, 0.2) is 29.4 Å². The van der Waals surface area contributed by atoms with E-state index >= 15 is 0 Å². The van der Waals surface area contributed by atoms with Gasteiger partial charge in [0, 0.05) is 18.0 Å². The van der Waals surface area contributed by atoms with E-state index in [-0.39, 0.29) is 17.9 Å². The number of halogens is 1. The molecule has 1 aliphatic heterocycles. The number of anilines is 1. The minimum atomic E-state index is -0.608. The number of amides is 2. The van der Waals surface area contributed by atoms with Gasteiger partial charge in [0.05, 0.1) is 5.71 Å². The first-order valence-corrected chi connectivity index (χ1v) is 6.60. The maximum atomic E-state index is 11.2. The number of hydrogen-bond donors (Lipinski definition) is 2. The lowest BCUT2D eigenvalue weighted by molar-refractivity contribution is -0.121. The molecular weight excluding hydrogens is 282 g/mol. The Bertz CT molecular complexity index is 542. The van der Waals surface area contributed by atoms with Crippen LogP contribution >= 0.6 is 11.6 Å². The first kappa shape index (κ1) is 14.3. The highest BCUT2D eigenvalue weighted by atomic mass is 35.5. The van der Waals surface area contributed by atoms with Crippen molar-refractivity contribution < 1.29 is 14.3 Å². The number of ether oxygens (including phenoxy) is 1. The maximum Gasteiger partial charge on any atom is 0.412 e. The molecular formula is C13H14ClN3O3. The second-order valence-electron chi connectivity index (χ2n) is 4.38. The van der Waals surface area contributed by atoms with E-state index in [1.807, 2.05) is 19.1 Å². The fourth-order valence-electron chi connectivity index (χ4n) is 1.93. The largest absolute Gasteiger partial charge is 0.433 e. The third-order valence-corrected chi connectivity index (χ3v) is 2.98. The molecule has 2 amide bonds. The summed E-state index contributed by atoms with van der Waals surface area (Å²) < 4.78 is 4.57. The summed E-state index contributed by atoms with van der Waals surface area (Å²) in [6.45, 7) is 1.95. The molecule has 2 rings (SSSR count). The summed E-state index contributed by atoms with van der Waals surface area (Å²) in [4.78, 5) is 22.4. The van der Waals surface area contributed by atoms with Gasteiger partial charge in [-0.15, -0.1) is 0 Å². The first-order chi connectivity index (χ1) is 9.60. The Hall–Kier alpha value is -2.08. The molecule has 1 aromatic carbocycles. The Morgan fingerprint density at radius 1 is 1.50 bits per heavy atom. The normalized spacial score (nSPS) is 18.0. The van der Waals surface area contributed by atoms with E-state index in [0.29, 0.717) is 12.1 Å². The molecule has 0 bridgehead atoms. The zero-order chi connectivity index (χ0) is 14.5. The van der Waals surface area contributed by atoms with E-state index in [2.05, 4.69) is 20.6 Å². The van der Waals surface area contributed by atoms with Crippen LogP contribution in [0.2, 0.25) is 0 Å². The molecule has 1 aliphatic rings. The summed E-state index contributed by atoms with van der Waals surface area (Å²) in [6, 6.07) is 6.91. The van der Waals surface area contributed by atoms with Gasteiger partial charge in [0.2, 0.25) is 5.91 Å². The van der Waals surface area contributed by atoms with Gasteiger partial charge in [-0.05, 0) is 17.7 Å². The van der Waals surface area contributed by atoms with E-state index < -0.39 is 6.09 Å². The summed E-state index contributed by atoms with van der Waals surface area (Å²) in [5, 5.41) is 6.61. The van der Waals surface area contributed by atoms with Gasteiger partial charge in [-0.3, -0.25) is 10.1 Å². The number of carbonyl (C=O) groups is 2. The quantitative estimate of drug-likeness (QED) is 0.840. The second kappa shape index (κ2) is 6.38. The average molecular weight is 296 g/mol. The molecule has 0 saturated carbocycles. The van der Waals surface area contributed by atoms with Crippen LogP contribution in [0.25, 0.3) is 0 Å². The van der Waals surface area contributed by atoms with Gasteiger partial charge < -0.3 is 4.74 Å². The van der Waals surface area contributed by atoms with Crippen molar-refractivity contribution in [3.63, 3.8) is 0 Å². The van der Waals surface area contributed by atoms with Gasteiger partial charge in [0.25, 0.3) is 0 Å². The van der Waals surface area contributed by atoms with Crippen molar-refractivity contribution in [2.45, 2.75) is 13.3 Å². The Morgan fingerprint density at radius 3 is 2.80 bits per heavy atom. The van der Waals surface area contributed by atoms with Crippen LogP contribution in [0.1, 0.15) is 18.9 Å². The van der Waals surface area contributed by atoms with Crippen molar-refractivity contribution in [1.82, 2.24) is 5.43 Å². The molecule has 1 aromatic rings. The molecule has 106 valence electrons. The Morgan fingerprint density at radius 2 is 2.20 bits per heavy atom. The van der Waals surface area contributed by atoms with E-state index in [4.69, 9.17) is 11.6 Å². The summed E-state index contributed by atoms with van der Waals surface area (Å²) in [7, 11) is 0. The van der Waals surface area contributed by atoms with Crippen molar-refractivity contribution in [1.29, 1.82) is 0 Å².